The zero-order chi connectivity index (χ0) is 39.1. The number of carbonyl (C=O) groups is 4. The molecule has 8 nitrogen and oxygen atoms in total. The molecule has 3 aliphatic rings. The van der Waals surface area contributed by atoms with Gasteiger partial charge in [-0.3, -0.25) is 20.2 Å². The summed E-state index contributed by atoms with van der Waals surface area (Å²) in [5.41, 5.74) is -2.17. The minimum absolute atomic E-state index is 0.383. The molecule has 0 spiro atoms. The van der Waals surface area contributed by atoms with E-state index in [1.54, 1.807) is 9.80 Å². The first kappa shape index (κ1) is 46.3. The lowest BCUT2D eigenvalue weighted by atomic mass is 9.42. The first-order valence-corrected chi connectivity index (χ1v) is 23.5. The molecule has 0 bridgehead atoms. The minimum Gasteiger partial charge on any atom is -0.318 e. The van der Waals surface area contributed by atoms with Gasteiger partial charge in [0.15, 0.2) is 0 Å². The number of fused-ring (bicyclic) bond motifs is 4. The number of urea groups is 2. The molecule has 54 heavy (non-hydrogen) atoms. The molecule has 0 radical (unpaired) electrons. The minimum atomic E-state index is -1.09. The normalized spacial score (nSPS) is 23.6. The Labute approximate surface area is 331 Å². The molecule has 0 aromatic rings. The number of rotatable bonds is 34. The van der Waals surface area contributed by atoms with E-state index in [0.29, 0.717) is 13.1 Å². The third-order valence-electron chi connectivity index (χ3n) is 13.6. The van der Waals surface area contributed by atoms with Gasteiger partial charge >= 0.3 is 12.1 Å². The summed E-state index contributed by atoms with van der Waals surface area (Å²) in [4.78, 5) is 57.0. The van der Waals surface area contributed by atoms with Gasteiger partial charge in [0.1, 0.15) is 0 Å². The highest BCUT2D eigenvalue weighted by Gasteiger charge is 2.80. The lowest BCUT2D eigenvalue weighted by molar-refractivity contribution is -0.213. The SMILES string of the molecule is CCCCCCCCCCCCCCCCCCN1C(=O)NC(=O)C2(C)C1C1N(CCCCCCCCCCCCCCCCCC)C(=O)NC(=O)C12C. The second-order valence-corrected chi connectivity index (χ2v) is 17.8. The molecule has 4 atom stereocenters. The highest BCUT2D eigenvalue weighted by Crippen LogP contribution is 2.63. The zero-order valence-electron chi connectivity index (χ0n) is 35.7. The Hall–Kier alpha value is -2.12. The van der Waals surface area contributed by atoms with E-state index >= 15 is 0 Å². The van der Waals surface area contributed by atoms with Crippen molar-refractivity contribution in [1.29, 1.82) is 0 Å². The van der Waals surface area contributed by atoms with Crippen LogP contribution in [0.2, 0.25) is 0 Å². The molecule has 2 saturated heterocycles. The number of imide groups is 2. The Morgan fingerprint density at radius 2 is 0.574 bits per heavy atom. The second kappa shape index (κ2) is 25.9. The third-order valence-corrected chi connectivity index (χ3v) is 13.6. The number of nitrogens with zero attached hydrogens (tertiary/aromatic N) is 2. The number of amides is 6. The standard InChI is InChI=1S/C46H84N4O4/c1-5-7-9-11-13-15-17-19-21-23-25-27-29-31-33-35-37-49-39-40-46(4,45(39,3)41(51)47-43(49)53)42(52)48-44(54)50(40)38-36-34-32-30-28-26-24-22-20-18-16-14-12-10-8-6-2/h39-40H,5-38H2,1-4H3,(H,47,51,53)(H,48,52,54). The van der Waals surface area contributed by atoms with Gasteiger partial charge in [-0.15, -0.1) is 0 Å². The van der Waals surface area contributed by atoms with Crippen LogP contribution in [0, 0.1) is 10.8 Å². The van der Waals surface area contributed by atoms with E-state index in [9.17, 15) is 19.2 Å². The molecule has 0 aromatic carbocycles. The quantitative estimate of drug-likeness (QED) is 0.0639. The first-order chi connectivity index (χ1) is 26.2. The number of hydrogen-bond donors (Lipinski definition) is 2. The van der Waals surface area contributed by atoms with E-state index in [4.69, 9.17) is 0 Å². The van der Waals surface area contributed by atoms with E-state index in [-0.39, 0.29) is 12.1 Å². The lowest BCUT2D eigenvalue weighted by Gasteiger charge is -2.71. The number of nitrogens with one attached hydrogen (secondary N) is 2. The Kier molecular flexibility index (Phi) is 22.2. The Morgan fingerprint density at radius 1 is 0.370 bits per heavy atom. The maximum absolute atomic E-state index is 13.4. The molecule has 0 aromatic heterocycles. The summed E-state index contributed by atoms with van der Waals surface area (Å²) in [5.74, 6) is -0.794. The molecule has 2 aliphatic heterocycles. The molecule has 6 amide bonds. The smallest absolute Gasteiger partial charge is 0.318 e. The predicted molar refractivity (Wildman–Crippen MR) is 223 cm³/mol. The van der Waals surface area contributed by atoms with Crippen molar-refractivity contribution < 1.29 is 19.2 Å². The van der Waals surface area contributed by atoms with Crippen LogP contribution in [0.3, 0.4) is 0 Å². The highest BCUT2D eigenvalue weighted by atomic mass is 16.2. The second-order valence-electron chi connectivity index (χ2n) is 17.8. The van der Waals surface area contributed by atoms with Crippen molar-refractivity contribution in [3.63, 3.8) is 0 Å². The zero-order valence-corrected chi connectivity index (χ0v) is 35.7. The number of carbonyl (C=O) groups excluding carboxylic acids is 4. The van der Waals surface area contributed by atoms with Crippen molar-refractivity contribution in [1.82, 2.24) is 20.4 Å². The Morgan fingerprint density at radius 3 is 0.796 bits per heavy atom. The molecule has 4 unspecified atom stereocenters. The van der Waals surface area contributed by atoms with Gasteiger partial charge < -0.3 is 9.80 Å². The van der Waals surface area contributed by atoms with Gasteiger partial charge in [-0.05, 0) is 26.7 Å². The van der Waals surface area contributed by atoms with Gasteiger partial charge in [0, 0.05) is 13.1 Å². The van der Waals surface area contributed by atoms with Crippen LogP contribution in [0.1, 0.15) is 233 Å². The van der Waals surface area contributed by atoms with Gasteiger partial charge in [-0.1, -0.05) is 206 Å². The summed E-state index contributed by atoms with van der Waals surface area (Å²) in [5, 5.41) is 5.15. The molecule has 3 rings (SSSR count). The Balaban J connectivity index is 1.34. The van der Waals surface area contributed by atoms with Crippen LogP contribution in [0.25, 0.3) is 0 Å². The van der Waals surface area contributed by atoms with Gasteiger partial charge in [0.2, 0.25) is 11.8 Å². The summed E-state index contributed by atoms with van der Waals surface area (Å²) in [6, 6.07) is -1.75. The van der Waals surface area contributed by atoms with Crippen molar-refractivity contribution in [2.75, 3.05) is 13.1 Å². The topological polar surface area (TPSA) is 98.8 Å². The van der Waals surface area contributed by atoms with Gasteiger partial charge in [0.05, 0.1) is 22.9 Å². The highest BCUT2D eigenvalue weighted by molar-refractivity contribution is 6.10. The van der Waals surface area contributed by atoms with Crippen LogP contribution in [0.15, 0.2) is 0 Å². The summed E-state index contributed by atoms with van der Waals surface area (Å²) in [7, 11) is 0. The summed E-state index contributed by atoms with van der Waals surface area (Å²) < 4.78 is 0. The Bertz CT molecular complexity index is 1010. The number of hydrogen-bond acceptors (Lipinski definition) is 4. The van der Waals surface area contributed by atoms with Crippen LogP contribution < -0.4 is 10.6 Å². The largest absolute Gasteiger partial charge is 0.324 e. The molecular formula is C46H84N4O4. The molecular weight excluding hydrogens is 673 g/mol. The molecule has 312 valence electrons. The van der Waals surface area contributed by atoms with Crippen LogP contribution in [-0.2, 0) is 9.59 Å². The molecule has 1 saturated carbocycles. The van der Waals surface area contributed by atoms with Gasteiger partial charge in [-0.25, -0.2) is 9.59 Å². The van der Waals surface area contributed by atoms with Crippen LogP contribution in [-0.4, -0.2) is 58.8 Å². The maximum Gasteiger partial charge on any atom is 0.324 e. The molecule has 1 aliphatic carbocycles. The van der Waals surface area contributed by atoms with Gasteiger partial charge in [-0.2, -0.15) is 0 Å². The summed E-state index contributed by atoms with van der Waals surface area (Å²) in [6.07, 6.45) is 41.2. The lowest BCUT2D eigenvalue weighted by Crippen LogP contribution is -2.91. The van der Waals surface area contributed by atoms with Crippen LogP contribution >= 0.6 is 0 Å². The van der Waals surface area contributed by atoms with Crippen LogP contribution in [0.5, 0.6) is 0 Å². The van der Waals surface area contributed by atoms with Crippen molar-refractivity contribution in [3.8, 4) is 0 Å². The maximum atomic E-state index is 13.4. The van der Waals surface area contributed by atoms with Crippen molar-refractivity contribution in [2.24, 2.45) is 10.8 Å². The van der Waals surface area contributed by atoms with E-state index in [1.807, 2.05) is 13.8 Å². The predicted octanol–water partition coefficient (Wildman–Crippen LogP) is 12.4. The summed E-state index contributed by atoms with van der Waals surface area (Å²) >= 11 is 0. The fourth-order valence-electron chi connectivity index (χ4n) is 9.85. The van der Waals surface area contributed by atoms with E-state index < -0.39 is 34.7 Å². The van der Waals surface area contributed by atoms with Gasteiger partial charge in [0.25, 0.3) is 0 Å². The average molecular weight is 757 g/mol. The third kappa shape index (κ3) is 13.2. The van der Waals surface area contributed by atoms with Crippen molar-refractivity contribution in [3.05, 3.63) is 0 Å². The van der Waals surface area contributed by atoms with Crippen molar-refractivity contribution in [2.45, 2.75) is 245 Å². The van der Waals surface area contributed by atoms with E-state index in [2.05, 4.69) is 24.5 Å². The monoisotopic (exact) mass is 757 g/mol. The molecule has 2 heterocycles. The molecule has 8 heteroatoms. The first-order valence-electron chi connectivity index (χ1n) is 23.5. The average Bonchev–Trinajstić information content (AvgIpc) is 3.15. The molecule has 3 fully saturated rings. The number of unbranched alkanes of at least 4 members (excludes halogenated alkanes) is 30. The van der Waals surface area contributed by atoms with E-state index in [1.165, 1.54) is 167 Å². The van der Waals surface area contributed by atoms with E-state index in [0.717, 1.165) is 38.5 Å². The summed E-state index contributed by atoms with van der Waals surface area (Å²) in [6.45, 7) is 9.25. The fraction of sp³-hybridized carbons (Fsp3) is 0.913. The fourth-order valence-corrected chi connectivity index (χ4v) is 9.85. The van der Waals surface area contributed by atoms with Crippen molar-refractivity contribution >= 4 is 23.9 Å². The molecule has 2 N–H and O–H groups in total. The van der Waals surface area contributed by atoms with Crippen LogP contribution in [0.4, 0.5) is 9.59 Å².